The molecule has 0 radical (unpaired) electrons. The van der Waals surface area contributed by atoms with Gasteiger partial charge in [0, 0.05) is 4.47 Å². The molecule has 0 saturated carbocycles. The van der Waals surface area contributed by atoms with Gasteiger partial charge < -0.3 is 15.8 Å². The lowest BCUT2D eigenvalue weighted by Gasteiger charge is -2.10. The number of nitrogens with two attached hydrogens (primary N) is 1. The van der Waals surface area contributed by atoms with Crippen LogP contribution >= 0.6 is 15.9 Å². The van der Waals surface area contributed by atoms with Crippen molar-refractivity contribution in [2.24, 2.45) is 5.73 Å². The molecule has 1 rings (SSSR count). The van der Waals surface area contributed by atoms with Crippen LogP contribution in [0.1, 0.15) is 17.3 Å². The molecule has 0 aromatic heterocycles. The maximum atomic E-state index is 11.7. The molecule has 1 atom stereocenters. The van der Waals surface area contributed by atoms with Gasteiger partial charge in [0.15, 0.2) is 6.10 Å². The molecule has 19 heavy (non-hydrogen) atoms. The summed E-state index contributed by atoms with van der Waals surface area (Å²) in [6, 6.07) is 6.79. The van der Waals surface area contributed by atoms with E-state index in [1.807, 2.05) is 0 Å². The van der Waals surface area contributed by atoms with Crippen LogP contribution in [0, 0.1) is 0 Å². The van der Waals surface area contributed by atoms with Crippen LogP contribution in [0.3, 0.4) is 0 Å². The summed E-state index contributed by atoms with van der Waals surface area (Å²) in [6.07, 6.45) is -1.02. The molecule has 7 heteroatoms. The second-order valence-corrected chi connectivity index (χ2v) is 4.55. The van der Waals surface area contributed by atoms with Gasteiger partial charge in [-0.2, -0.15) is 0 Å². The molecule has 2 amide bonds. The average Bonchev–Trinajstić information content (AvgIpc) is 2.36. The minimum atomic E-state index is -1.02. The monoisotopic (exact) mass is 328 g/mol. The van der Waals surface area contributed by atoms with Crippen molar-refractivity contribution in [3.63, 3.8) is 0 Å². The largest absolute Gasteiger partial charge is 0.451 e. The van der Waals surface area contributed by atoms with Crippen molar-refractivity contribution in [1.29, 1.82) is 0 Å². The van der Waals surface area contributed by atoms with E-state index in [4.69, 9.17) is 5.73 Å². The fourth-order valence-electron chi connectivity index (χ4n) is 1.19. The van der Waals surface area contributed by atoms with E-state index in [0.717, 1.165) is 0 Å². The van der Waals surface area contributed by atoms with Gasteiger partial charge in [0.1, 0.15) is 6.54 Å². The zero-order chi connectivity index (χ0) is 14.4. The number of rotatable bonds is 5. The number of hydrogen-bond donors (Lipinski definition) is 2. The van der Waals surface area contributed by atoms with Gasteiger partial charge in [-0.1, -0.05) is 12.1 Å². The topological polar surface area (TPSA) is 98.5 Å². The molecule has 0 heterocycles. The van der Waals surface area contributed by atoms with Crippen LogP contribution in [-0.2, 0) is 14.3 Å². The van der Waals surface area contributed by atoms with Crippen molar-refractivity contribution in [3.8, 4) is 0 Å². The maximum Gasteiger partial charge on any atom is 0.326 e. The minimum absolute atomic E-state index is 0.336. The van der Waals surface area contributed by atoms with E-state index in [1.54, 1.807) is 24.3 Å². The van der Waals surface area contributed by atoms with Crippen LogP contribution in [0.25, 0.3) is 0 Å². The number of primary amides is 1. The van der Waals surface area contributed by atoms with Crippen LogP contribution in [0.5, 0.6) is 0 Å². The lowest BCUT2D eigenvalue weighted by atomic mass is 10.2. The Morgan fingerprint density at radius 1 is 1.37 bits per heavy atom. The van der Waals surface area contributed by atoms with Crippen LogP contribution in [0.15, 0.2) is 28.7 Å². The molecule has 0 fully saturated rings. The van der Waals surface area contributed by atoms with Crippen molar-refractivity contribution in [2.75, 3.05) is 6.54 Å². The van der Waals surface area contributed by atoms with E-state index < -0.39 is 23.9 Å². The highest BCUT2D eigenvalue weighted by Crippen LogP contribution is 2.15. The van der Waals surface area contributed by atoms with Gasteiger partial charge in [-0.05, 0) is 35.0 Å². The molecule has 1 aromatic rings. The number of nitrogens with one attached hydrogen (secondary N) is 1. The van der Waals surface area contributed by atoms with Gasteiger partial charge in [0.2, 0.25) is 0 Å². The molecule has 0 saturated heterocycles. The van der Waals surface area contributed by atoms with E-state index in [1.165, 1.54) is 6.92 Å². The Kier molecular flexibility index (Phi) is 5.50. The van der Waals surface area contributed by atoms with Gasteiger partial charge in [-0.15, -0.1) is 0 Å². The first-order valence-corrected chi connectivity index (χ1v) is 6.22. The molecule has 0 aliphatic heterocycles. The third-order valence-corrected chi connectivity index (χ3v) is 2.91. The molecular formula is C12H13BrN2O4. The third kappa shape index (κ3) is 4.70. The van der Waals surface area contributed by atoms with Crippen LogP contribution in [0.4, 0.5) is 0 Å². The summed E-state index contributed by atoms with van der Waals surface area (Å²) < 4.78 is 5.31. The van der Waals surface area contributed by atoms with Crippen LogP contribution in [-0.4, -0.2) is 30.4 Å². The molecule has 0 spiro atoms. The summed E-state index contributed by atoms with van der Waals surface area (Å²) >= 11 is 3.23. The van der Waals surface area contributed by atoms with E-state index in [-0.39, 0.29) is 6.54 Å². The number of benzene rings is 1. The molecule has 3 N–H and O–H groups in total. The Labute approximate surface area is 118 Å². The summed E-state index contributed by atoms with van der Waals surface area (Å²) in [5.41, 5.74) is 5.34. The molecule has 1 aromatic carbocycles. The van der Waals surface area contributed by atoms with Crippen molar-refractivity contribution < 1.29 is 19.1 Å². The highest BCUT2D eigenvalue weighted by atomic mass is 79.9. The normalized spacial score (nSPS) is 11.5. The van der Waals surface area contributed by atoms with E-state index >= 15 is 0 Å². The summed E-state index contributed by atoms with van der Waals surface area (Å²) in [4.78, 5) is 33.8. The molecule has 0 aliphatic rings. The minimum Gasteiger partial charge on any atom is -0.451 e. The predicted octanol–water partition coefficient (Wildman–Crippen LogP) is 0.596. The van der Waals surface area contributed by atoms with Gasteiger partial charge in [-0.25, -0.2) is 0 Å². The first-order chi connectivity index (χ1) is 8.91. The summed E-state index contributed by atoms with van der Waals surface area (Å²) in [6.45, 7) is 1.02. The standard InChI is InChI=1S/C12H13BrN2O4/c1-7(11(14)17)19-10(16)6-15-12(18)8-4-2-3-5-9(8)13/h2-5,7H,6H2,1H3,(H2,14,17)(H,15,18)/t7-/m0/s1. The number of amides is 2. The van der Waals surface area contributed by atoms with Crippen molar-refractivity contribution >= 4 is 33.7 Å². The number of ether oxygens (including phenoxy) is 1. The van der Waals surface area contributed by atoms with Gasteiger partial charge in [0.05, 0.1) is 5.56 Å². The predicted molar refractivity (Wildman–Crippen MR) is 71.2 cm³/mol. The van der Waals surface area contributed by atoms with Crippen molar-refractivity contribution in [2.45, 2.75) is 13.0 Å². The van der Waals surface area contributed by atoms with E-state index in [9.17, 15) is 14.4 Å². The van der Waals surface area contributed by atoms with Crippen LogP contribution in [0.2, 0.25) is 0 Å². The first kappa shape index (κ1) is 15.2. The Balaban J connectivity index is 2.49. The second-order valence-electron chi connectivity index (χ2n) is 3.70. The molecule has 0 unspecified atom stereocenters. The Bertz CT molecular complexity index is 504. The maximum absolute atomic E-state index is 11.7. The fourth-order valence-corrected chi connectivity index (χ4v) is 1.65. The van der Waals surface area contributed by atoms with Crippen molar-refractivity contribution in [1.82, 2.24) is 5.32 Å². The number of carbonyl (C=O) groups is 3. The smallest absolute Gasteiger partial charge is 0.326 e. The lowest BCUT2D eigenvalue weighted by Crippen LogP contribution is -2.36. The molecule has 0 bridgehead atoms. The van der Waals surface area contributed by atoms with Crippen molar-refractivity contribution in [3.05, 3.63) is 34.3 Å². The SMILES string of the molecule is C[C@H](OC(=O)CNC(=O)c1ccccc1Br)C(N)=O. The number of carbonyl (C=O) groups excluding carboxylic acids is 3. The number of esters is 1. The molecular weight excluding hydrogens is 316 g/mol. The van der Waals surface area contributed by atoms with Crippen LogP contribution < -0.4 is 11.1 Å². The zero-order valence-corrected chi connectivity index (χ0v) is 11.8. The summed E-state index contributed by atoms with van der Waals surface area (Å²) in [5.74, 6) is -1.90. The number of hydrogen-bond acceptors (Lipinski definition) is 4. The Morgan fingerprint density at radius 2 is 2.00 bits per heavy atom. The average molecular weight is 329 g/mol. The molecule has 0 aliphatic carbocycles. The first-order valence-electron chi connectivity index (χ1n) is 5.43. The van der Waals surface area contributed by atoms with Gasteiger partial charge in [-0.3, -0.25) is 14.4 Å². The second kappa shape index (κ2) is 6.89. The Morgan fingerprint density at radius 3 is 2.58 bits per heavy atom. The van der Waals surface area contributed by atoms with Gasteiger partial charge in [0.25, 0.3) is 11.8 Å². The highest BCUT2D eigenvalue weighted by Gasteiger charge is 2.16. The van der Waals surface area contributed by atoms with Gasteiger partial charge >= 0.3 is 5.97 Å². The highest BCUT2D eigenvalue weighted by molar-refractivity contribution is 9.10. The number of halogens is 1. The lowest BCUT2D eigenvalue weighted by molar-refractivity contribution is -0.152. The zero-order valence-electron chi connectivity index (χ0n) is 10.2. The quantitative estimate of drug-likeness (QED) is 0.773. The van der Waals surface area contributed by atoms with E-state index in [2.05, 4.69) is 26.0 Å². The third-order valence-electron chi connectivity index (χ3n) is 2.22. The fraction of sp³-hybridized carbons (Fsp3) is 0.250. The Hall–Kier alpha value is -1.89. The molecule has 6 nitrogen and oxygen atoms in total. The summed E-state index contributed by atoms with van der Waals surface area (Å²) in [5, 5.41) is 2.39. The van der Waals surface area contributed by atoms with E-state index in [0.29, 0.717) is 10.0 Å². The molecule has 102 valence electrons. The summed E-state index contributed by atoms with van der Waals surface area (Å²) in [7, 11) is 0.